The minimum absolute atomic E-state index is 0.114. The van der Waals surface area contributed by atoms with E-state index in [1.807, 2.05) is 12.1 Å². The van der Waals surface area contributed by atoms with Crippen molar-refractivity contribution in [3.8, 4) is 0 Å². The number of rotatable bonds is 3. The maximum Gasteiger partial charge on any atom is 0.287 e. The molecule has 0 spiro atoms. The van der Waals surface area contributed by atoms with Crippen LogP contribution < -0.4 is 5.32 Å². The van der Waals surface area contributed by atoms with Crippen LogP contribution in [0.4, 0.5) is 5.69 Å². The number of aromatic amines is 1. The number of amides is 1. The van der Waals surface area contributed by atoms with Crippen molar-refractivity contribution in [1.82, 2.24) is 20.2 Å². The van der Waals surface area contributed by atoms with Crippen molar-refractivity contribution in [2.75, 3.05) is 19.6 Å². The van der Waals surface area contributed by atoms with E-state index in [1.165, 1.54) is 12.3 Å². The fraction of sp³-hybridized carbons (Fsp3) is 0.286. The van der Waals surface area contributed by atoms with E-state index in [-0.39, 0.29) is 23.3 Å². The van der Waals surface area contributed by atoms with Gasteiger partial charge in [-0.25, -0.2) is 0 Å². The van der Waals surface area contributed by atoms with E-state index in [0.717, 1.165) is 5.56 Å². The highest BCUT2D eigenvalue weighted by Gasteiger charge is 2.30. The third kappa shape index (κ3) is 2.68. The van der Waals surface area contributed by atoms with Gasteiger partial charge in [0.1, 0.15) is 5.69 Å². The number of piperazine rings is 1. The number of carbonyl (C=O) groups is 1. The third-order valence-corrected chi connectivity index (χ3v) is 3.68. The van der Waals surface area contributed by atoms with Gasteiger partial charge >= 0.3 is 0 Å². The van der Waals surface area contributed by atoms with E-state index in [2.05, 4.69) is 15.3 Å². The fourth-order valence-electron chi connectivity index (χ4n) is 2.58. The first kappa shape index (κ1) is 14.2. The summed E-state index contributed by atoms with van der Waals surface area (Å²) in [4.78, 5) is 31.3. The van der Waals surface area contributed by atoms with Gasteiger partial charge in [0.15, 0.2) is 0 Å². The maximum absolute atomic E-state index is 12.6. The molecule has 1 aliphatic rings. The molecule has 2 aromatic heterocycles. The summed E-state index contributed by atoms with van der Waals surface area (Å²) < 4.78 is 0. The van der Waals surface area contributed by atoms with Crippen LogP contribution in [0.3, 0.4) is 0 Å². The van der Waals surface area contributed by atoms with E-state index < -0.39 is 4.92 Å². The van der Waals surface area contributed by atoms with Crippen LogP contribution in [0.2, 0.25) is 0 Å². The number of pyridine rings is 1. The van der Waals surface area contributed by atoms with Crippen molar-refractivity contribution in [2.45, 2.75) is 6.04 Å². The van der Waals surface area contributed by atoms with Gasteiger partial charge in [0, 0.05) is 38.1 Å². The summed E-state index contributed by atoms with van der Waals surface area (Å²) in [5.74, 6) is -0.247. The van der Waals surface area contributed by atoms with Crippen molar-refractivity contribution in [1.29, 1.82) is 0 Å². The van der Waals surface area contributed by atoms with Gasteiger partial charge < -0.3 is 15.2 Å². The number of hydrogen-bond acceptors (Lipinski definition) is 5. The van der Waals surface area contributed by atoms with Gasteiger partial charge in [0.2, 0.25) is 0 Å². The zero-order valence-corrected chi connectivity index (χ0v) is 11.7. The molecule has 0 aliphatic carbocycles. The Morgan fingerprint density at radius 2 is 2.36 bits per heavy atom. The van der Waals surface area contributed by atoms with Crippen LogP contribution in [-0.2, 0) is 0 Å². The first-order valence-electron chi connectivity index (χ1n) is 6.91. The highest BCUT2D eigenvalue weighted by molar-refractivity contribution is 5.93. The molecule has 0 radical (unpaired) electrons. The van der Waals surface area contributed by atoms with Gasteiger partial charge in [-0.05, 0) is 11.6 Å². The SMILES string of the molecule is O=C(c1cc([N+](=O)[O-])c[nH]1)N1CCNCC1c1cccnc1. The van der Waals surface area contributed by atoms with Crippen LogP contribution in [0.5, 0.6) is 0 Å². The first-order valence-corrected chi connectivity index (χ1v) is 6.91. The average molecular weight is 301 g/mol. The van der Waals surface area contributed by atoms with Gasteiger partial charge in [0.25, 0.3) is 11.6 Å². The molecule has 1 aliphatic heterocycles. The van der Waals surface area contributed by atoms with Crippen molar-refractivity contribution in [3.63, 3.8) is 0 Å². The maximum atomic E-state index is 12.6. The predicted molar refractivity (Wildman–Crippen MR) is 78.3 cm³/mol. The Bertz CT molecular complexity index is 685. The van der Waals surface area contributed by atoms with Crippen molar-refractivity contribution in [3.05, 3.63) is 58.2 Å². The lowest BCUT2D eigenvalue weighted by molar-refractivity contribution is -0.384. The monoisotopic (exact) mass is 301 g/mol. The van der Waals surface area contributed by atoms with Gasteiger partial charge in [-0.2, -0.15) is 0 Å². The van der Waals surface area contributed by atoms with Crippen LogP contribution in [0.1, 0.15) is 22.1 Å². The summed E-state index contributed by atoms with van der Waals surface area (Å²) in [6, 6.07) is 4.87. The molecule has 3 rings (SSSR count). The Hall–Kier alpha value is -2.74. The van der Waals surface area contributed by atoms with E-state index in [1.54, 1.807) is 17.3 Å². The molecule has 8 heteroatoms. The Labute approximate surface area is 126 Å². The fourth-order valence-corrected chi connectivity index (χ4v) is 2.58. The molecule has 114 valence electrons. The first-order chi connectivity index (χ1) is 10.7. The van der Waals surface area contributed by atoms with E-state index in [0.29, 0.717) is 19.6 Å². The van der Waals surface area contributed by atoms with Crippen molar-refractivity contribution < 1.29 is 9.72 Å². The molecular formula is C14H15N5O3. The lowest BCUT2D eigenvalue weighted by Gasteiger charge is -2.36. The lowest BCUT2D eigenvalue weighted by Crippen LogP contribution is -2.48. The molecule has 8 nitrogen and oxygen atoms in total. The van der Waals surface area contributed by atoms with E-state index in [9.17, 15) is 14.9 Å². The molecule has 0 bridgehead atoms. The summed E-state index contributed by atoms with van der Waals surface area (Å²) in [5.41, 5.74) is 1.04. The standard InChI is InChI=1S/C14H15N5O3/c20-14(12-6-11(8-17-12)19(21)22)18-5-4-16-9-13(18)10-2-1-3-15-7-10/h1-3,6-8,13,16-17H,4-5,9H2. The molecule has 2 aromatic rings. The number of nitrogens with one attached hydrogen (secondary N) is 2. The summed E-state index contributed by atoms with van der Waals surface area (Å²) in [6.07, 6.45) is 4.64. The van der Waals surface area contributed by atoms with E-state index in [4.69, 9.17) is 0 Å². The van der Waals surface area contributed by atoms with E-state index >= 15 is 0 Å². The smallest absolute Gasteiger partial charge is 0.287 e. The molecule has 1 fully saturated rings. The highest BCUT2D eigenvalue weighted by Crippen LogP contribution is 2.24. The average Bonchev–Trinajstić information content (AvgIpc) is 3.05. The molecule has 1 amide bonds. The largest absolute Gasteiger partial charge is 0.351 e. The highest BCUT2D eigenvalue weighted by atomic mass is 16.6. The Morgan fingerprint density at radius 1 is 1.50 bits per heavy atom. The molecular weight excluding hydrogens is 286 g/mol. The summed E-state index contributed by atoms with van der Waals surface area (Å²) in [6.45, 7) is 1.84. The second-order valence-electron chi connectivity index (χ2n) is 5.03. The topological polar surface area (TPSA) is 104 Å². The molecule has 1 saturated heterocycles. The van der Waals surface area contributed by atoms with Gasteiger partial charge in [0.05, 0.1) is 17.2 Å². The lowest BCUT2D eigenvalue weighted by atomic mass is 10.0. The molecule has 0 aromatic carbocycles. The number of hydrogen-bond donors (Lipinski definition) is 2. The number of H-pyrrole nitrogens is 1. The molecule has 2 N–H and O–H groups in total. The predicted octanol–water partition coefficient (Wildman–Crippen LogP) is 1.10. The van der Waals surface area contributed by atoms with Crippen LogP contribution in [-0.4, -0.2) is 45.3 Å². The second kappa shape index (κ2) is 5.94. The molecule has 1 atom stereocenters. The Morgan fingerprint density at radius 3 is 3.05 bits per heavy atom. The van der Waals surface area contributed by atoms with Crippen LogP contribution in [0.15, 0.2) is 36.8 Å². The molecule has 22 heavy (non-hydrogen) atoms. The zero-order chi connectivity index (χ0) is 15.5. The third-order valence-electron chi connectivity index (χ3n) is 3.68. The van der Waals surface area contributed by atoms with Crippen LogP contribution in [0.25, 0.3) is 0 Å². The van der Waals surface area contributed by atoms with Crippen molar-refractivity contribution in [2.24, 2.45) is 0 Å². The number of nitro groups is 1. The summed E-state index contributed by atoms with van der Waals surface area (Å²) in [5, 5.41) is 14.0. The minimum Gasteiger partial charge on any atom is -0.351 e. The normalized spacial score (nSPS) is 18.2. The van der Waals surface area contributed by atoms with Gasteiger partial charge in [-0.1, -0.05) is 6.07 Å². The second-order valence-corrected chi connectivity index (χ2v) is 5.03. The van der Waals surface area contributed by atoms with Gasteiger partial charge in [-0.3, -0.25) is 19.9 Å². The zero-order valence-electron chi connectivity index (χ0n) is 11.7. The summed E-state index contributed by atoms with van der Waals surface area (Å²) in [7, 11) is 0. The number of carbonyl (C=O) groups excluding carboxylic acids is 1. The Balaban J connectivity index is 1.86. The van der Waals surface area contributed by atoms with Crippen molar-refractivity contribution >= 4 is 11.6 Å². The molecule has 1 unspecified atom stereocenters. The Kier molecular flexibility index (Phi) is 3.84. The summed E-state index contributed by atoms with van der Waals surface area (Å²) >= 11 is 0. The van der Waals surface area contributed by atoms with Crippen LogP contribution in [0, 0.1) is 10.1 Å². The quantitative estimate of drug-likeness (QED) is 0.652. The minimum atomic E-state index is -0.524. The molecule has 0 saturated carbocycles. The number of aromatic nitrogens is 2. The van der Waals surface area contributed by atoms with Crippen LogP contribution >= 0.6 is 0 Å². The number of nitrogens with zero attached hydrogens (tertiary/aromatic N) is 3. The van der Waals surface area contributed by atoms with Gasteiger partial charge in [-0.15, -0.1) is 0 Å². The molecule has 3 heterocycles.